The Kier molecular flexibility index (Phi) is 5.79. The van der Waals surface area contributed by atoms with Crippen LogP contribution in [0.4, 0.5) is 0 Å². The second-order valence-electron chi connectivity index (χ2n) is 5.86. The first kappa shape index (κ1) is 13.4. The molecule has 0 amide bonds. The minimum Gasteiger partial charge on any atom is -0.378 e. The second kappa shape index (κ2) is 7.38. The normalized spacial score (nSPS) is 29.1. The van der Waals surface area contributed by atoms with Crippen LogP contribution in [0, 0.1) is 5.92 Å². The third-order valence-corrected chi connectivity index (χ3v) is 4.66. The maximum Gasteiger partial charge on any atom is 0.0576 e. The maximum atomic E-state index is 5.73. The molecule has 17 heavy (non-hydrogen) atoms. The highest BCUT2D eigenvalue weighted by molar-refractivity contribution is 4.79. The first-order valence-electron chi connectivity index (χ1n) is 7.69. The largest absolute Gasteiger partial charge is 0.378 e. The summed E-state index contributed by atoms with van der Waals surface area (Å²) in [6.07, 6.45) is 14.4. The summed E-state index contributed by atoms with van der Waals surface area (Å²) in [5.74, 6) is 0.920. The van der Waals surface area contributed by atoms with E-state index in [-0.39, 0.29) is 0 Å². The van der Waals surface area contributed by atoms with Crippen LogP contribution in [-0.4, -0.2) is 25.8 Å². The maximum absolute atomic E-state index is 5.73. The van der Waals surface area contributed by atoms with E-state index in [4.69, 9.17) is 4.74 Å². The van der Waals surface area contributed by atoms with Crippen molar-refractivity contribution in [3.63, 3.8) is 0 Å². The Hall–Kier alpha value is -0.0800. The summed E-state index contributed by atoms with van der Waals surface area (Å²) in [6.45, 7) is 0.998. The van der Waals surface area contributed by atoms with Crippen LogP contribution in [0.3, 0.4) is 0 Å². The van der Waals surface area contributed by atoms with Crippen molar-refractivity contribution < 1.29 is 4.74 Å². The van der Waals surface area contributed by atoms with E-state index < -0.39 is 0 Å². The lowest BCUT2D eigenvalue weighted by Gasteiger charge is -2.26. The average molecular weight is 239 g/mol. The fraction of sp³-hybridized carbons (Fsp3) is 1.00. The third kappa shape index (κ3) is 4.26. The highest BCUT2D eigenvalue weighted by atomic mass is 16.5. The monoisotopic (exact) mass is 239 g/mol. The molecular formula is C15H29NO. The van der Waals surface area contributed by atoms with Gasteiger partial charge in [0.05, 0.1) is 6.10 Å². The van der Waals surface area contributed by atoms with Gasteiger partial charge in [0, 0.05) is 12.6 Å². The van der Waals surface area contributed by atoms with E-state index >= 15 is 0 Å². The van der Waals surface area contributed by atoms with E-state index in [0.717, 1.165) is 18.6 Å². The van der Waals surface area contributed by atoms with Gasteiger partial charge in [-0.05, 0) is 51.5 Å². The topological polar surface area (TPSA) is 21.3 Å². The molecule has 1 saturated carbocycles. The van der Waals surface area contributed by atoms with Gasteiger partial charge in [-0.15, -0.1) is 0 Å². The van der Waals surface area contributed by atoms with E-state index in [1.807, 2.05) is 0 Å². The molecule has 1 aliphatic heterocycles. The molecule has 0 aromatic heterocycles. The van der Waals surface area contributed by atoms with Gasteiger partial charge < -0.3 is 10.1 Å². The summed E-state index contributed by atoms with van der Waals surface area (Å²) >= 11 is 0. The molecule has 1 aliphatic carbocycles. The summed E-state index contributed by atoms with van der Waals surface area (Å²) in [6, 6.07) is 0.734. The van der Waals surface area contributed by atoms with E-state index in [9.17, 15) is 0 Å². The van der Waals surface area contributed by atoms with Gasteiger partial charge in [-0.25, -0.2) is 0 Å². The predicted molar refractivity (Wildman–Crippen MR) is 72.2 cm³/mol. The lowest BCUT2D eigenvalue weighted by Crippen LogP contribution is -2.34. The van der Waals surface area contributed by atoms with Crippen molar-refractivity contribution in [3.05, 3.63) is 0 Å². The van der Waals surface area contributed by atoms with Gasteiger partial charge in [0.25, 0.3) is 0 Å². The Morgan fingerprint density at radius 2 is 1.82 bits per heavy atom. The van der Waals surface area contributed by atoms with E-state index in [1.54, 1.807) is 0 Å². The Labute approximate surface area is 107 Å². The van der Waals surface area contributed by atoms with E-state index in [0.29, 0.717) is 6.10 Å². The highest BCUT2D eigenvalue weighted by Crippen LogP contribution is 2.28. The highest BCUT2D eigenvalue weighted by Gasteiger charge is 2.23. The molecule has 0 spiro atoms. The summed E-state index contributed by atoms with van der Waals surface area (Å²) in [5.41, 5.74) is 0. The molecule has 2 unspecified atom stereocenters. The van der Waals surface area contributed by atoms with Crippen LogP contribution in [0.25, 0.3) is 0 Å². The van der Waals surface area contributed by atoms with Crippen molar-refractivity contribution in [3.8, 4) is 0 Å². The van der Waals surface area contributed by atoms with Crippen molar-refractivity contribution in [1.29, 1.82) is 0 Å². The van der Waals surface area contributed by atoms with Gasteiger partial charge in [-0.2, -0.15) is 0 Å². The van der Waals surface area contributed by atoms with Crippen molar-refractivity contribution in [2.24, 2.45) is 5.92 Å². The number of rotatable bonds is 5. The molecule has 1 N–H and O–H groups in total. The van der Waals surface area contributed by atoms with E-state index in [2.05, 4.69) is 12.4 Å². The minimum atomic E-state index is 0.566. The van der Waals surface area contributed by atoms with Gasteiger partial charge >= 0.3 is 0 Å². The van der Waals surface area contributed by atoms with Crippen molar-refractivity contribution in [2.75, 3.05) is 13.7 Å². The zero-order chi connectivity index (χ0) is 11.9. The molecule has 1 saturated heterocycles. The summed E-state index contributed by atoms with van der Waals surface area (Å²) in [5, 5.41) is 3.57. The summed E-state index contributed by atoms with van der Waals surface area (Å²) < 4.78 is 5.73. The van der Waals surface area contributed by atoms with Gasteiger partial charge in [0.1, 0.15) is 0 Å². The molecule has 2 atom stereocenters. The zero-order valence-electron chi connectivity index (χ0n) is 11.4. The predicted octanol–water partition coefficient (Wildman–Crippen LogP) is 3.50. The molecule has 100 valence electrons. The Balaban J connectivity index is 1.73. The van der Waals surface area contributed by atoms with Crippen molar-refractivity contribution >= 4 is 0 Å². The molecule has 0 radical (unpaired) electrons. The van der Waals surface area contributed by atoms with Crippen LogP contribution >= 0.6 is 0 Å². The number of ether oxygens (including phenoxy) is 1. The smallest absolute Gasteiger partial charge is 0.0576 e. The summed E-state index contributed by atoms with van der Waals surface area (Å²) in [7, 11) is 2.14. The van der Waals surface area contributed by atoms with Crippen LogP contribution in [0.5, 0.6) is 0 Å². The van der Waals surface area contributed by atoms with Crippen LogP contribution in [0.2, 0.25) is 0 Å². The van der Waals surface area contributed by atoms with Gasteiger partial charge in [0.2, 0.25) is 0 Å². The molecule has 2 heteroatoms. The lowest BCUT2D eigenvalue weighted by atomic mass is 9.88. The Morgan fingerprint density at radius 1 is 1.06 bits per heavy atom. The van der Waals surface area contributed by atoms with Gasteiger partial charge in [-0.3, -0.25) is 0 Å². The second-order valence-corrected chi connectivity index (χ2v) is 5.86. The first-order valence-corrected chi connectivity index (χ1v) is 7.69. The average Bonchev–Trinajstić information content (AvgIpc) is 2.72. The standard InChI is InChI=1S/C15H29NO/c1-16-15(11-10-14-9-6-12-17-14)13-7-4-2-3-5-8-13/h13-16H,2-12H2,1H3. The molecule has 2 nitrogen and oxygen atoms in total. The molecule has 0 aromatic rings. The summed E-state index contributed by atoms with van der Waals surface area (Å²) in [4.78, 5) is 0. The van der Waals surface area contributed by atoms with Crippen LogP contribution in [0.1, 0.15) is 64.2 Å². The SMILES string of the molecule is CNC(CCC1CCCO1)C1CCCCCC1. The molecule has 2 aliphatic rings. The lowest BCUT2D eigenvalue weighted by molar-refractivity contribution is 0.0969. The number of hydrogen-bond donors (Lipinski definition) is 1. The molecular weight excluding hydrogens is 210 g/mol. The van der Waals surface area contributed by atoms with Crippen LogP contribution < -0.4 is 5.32 Å². The van der Waals surface area contributed by atoms with Gasteiger partial charge in [0.15, 0.2) is 0 Å². The molecule has 2 fully saturated rings. The van der Waals surface area contributed by atoms with Crippen molar-refractivity contribution in [1.82, 2.24) is 5.32 Å². The molecule has 2 rings (SSSR count). The minimum absolute atomic E-state index is 0.566. The third-order valence-electron chi connectivity index (χ3n) is 4.66. The van der Waals surface area contributed by atoms with E-state index in [1.165, 1.54) is 64.2 Å². The molecule has 1 heterocycles. The Morgan fingerprint density at radius 3 is 2.41 bits per heavy atom. The quantitative estimate of drug-likeness (QED) is 0.741. The fourth-order valence-electron chi connectivity index (χ4n) is 3.57. The number of hydrogen-bond acceptors (Lipinski definition) is 2. The Bertz CT molecular complexity index is 193. The fourth-order valence-corrected chi connectivity index (χ4v) is 3.57. The first-order chi connectivity index (χ1) is 8.40. The number of nitrogens with one attached hydrogen (secondary N) is 1. The van der Waals surface area contributed by atoms with Crippen LogP contribution in [-0.2, 0) is 4.74 Å². The van der Waals surface area contributed by atoms with Gasteiger partial charge in [-0.1, -0.05) is 25.7 Å². The molecule has 0 aromatic carbocycles. The zero-order valence-corrected chi connectivity index (χ0v) is 11.4. The molecule has 0 bridgehead atoms. The van der Waals surface area contributed by atoms with Crippen LogP contribution in [0.15, 0.2) is 0 Å². The van der Waals surface area contributed by atoms with Crippen molar-refractivity contribution in [2.45, 2.75) is 76.4 Å².